The number of hydrogen-bond donors (Lipinski definition) is 0. The topological polar surface area (TPSA) is 4.93 Å². The molecule has 0 aliphatic carbocycles. The van der Waals surface area contributed by atoms with E-state index in [0.717, 1.165) is 0 Å². The normalized spacial score (nSPS) is 11.5. The lowest BCUT2D eigenvalue weighted by Gasteiger charge is -2.14. The van der Waals surface area contributed by atoms with Crippen molar-refractivity contribution >= 4 is 32.6 Å². The molecule has 0 N–H and O–H groups in total. The zero-order valence-electron chi connectivity index (χ0n) is 27.7. The van der Waals surface area contributed by atoms with Crippen molar-refractivity contribution in [3.63, 3.8) is 0 Å². The molecule has 0 atom stereocenters. The molecular weight excluding hydrogens is 591 g/mol. The standard InChI is InChI=1S/C48H35N/c1-32-27-33(2)29-41(28-32)49-46-30-40(38-19-17-36(18-20-38)34-11-5-3-6-12-34)25-26-44(46)48-43-16-10-9-15-42(43)45(31-47(48)49)39-23-21-37(22-24-39)35-13-7-4-8-14-35/h3-31H,1-2H3. The molecule has 0 unspecified atom stereocenters. The largest absolute Gasteiger partial charge is 0.309 e. The van der Waals surface area contributed by atoms with Gasteiger partial charge in [-0.1, -0.05) is 152 Å². The number of hydrogen-bond acceptors (Lipinski definition) is 0. The van der Waals surface area contributed by atoms with Crippen molar-refractivity contribution in [2.75, 3.05) is 0 Å². The maximum absolute atomic E-state index is 2.49. The highest BCUT2D eigenvalue weighted by molar-refractivity contribution is 6.24. The van der Waals surface area contributed by atoms with E-state index >= 15 is 0 Å². The first kappa shape index (κ1) is 29.0. The number of benzene rings is 8. The van der Waals surface area contributed by atoms with Crippen LogP contribution in [0.1, 0.15) is 11.1 Å². The fourth-order valence-electron chi connectivity index (χ4n) is 7.61. The molecule has 0 saturated heterocycles. The van der Waals surface area contributed by atoms with E-state index in [-0.39, 0.29) is 0 Å². The Bertz CT molecular complexity index is 2610. The van der Waals surface area contributed by atoms with E-state index in [2.05, 4.69) is 194 Å². The Kier molecular flexibility index (Phi) is 6.99. The monoisotopic (exact) mass is 625 g/mol. The predicted octanol–water partition coefficient (Wildman–Crippen LogP) is 13.2. The Morgan fingerprint density at radius 2 is 0.796 bits per heavy atom. The van der Waals surface area contributed by atoms with Gasteiger partial charge in [-0.15, -0.1) is 0 Å². The average Bonchev–Trinajstić information content (AvgIpc) is 3.49. The minimum atomic E-state index is 1.19. The fourth-order valence-corrected chi connectivity index (χ4v) is 7.61. The third kappa shape index (κ3) is 5.12. The molecule has 0 radical (unpaired) electrons. The smallest absolute Gasteiger partial charge is 0.0553 e. The van der Waals surface area contributed by atoms with Crippen molar-refractivity contribution in [3.05, 3.63) is 187 Å². The summed E-state index contributed by atoms with van der Waals surface area (Å²) in [5, 5.41) is 5.10. The van der Waals surface area contributed by atoms with E-state index in [1.54, 1.807) is 0 Å². The fraction of sp³-hybridized carbons (Fsp3) is 0.0417. The molecule has 0 aliphatic rings. The van der Waals surface area contributed by atoms with E-state index in [1.807, 2.05) is 0 Å². The highest BCUT2D eigenvalue weighted by Gasteiger charge is 2.19. The van der Waals surface area contributed by atoms with Crippen LogP contribution in [0, 0.1) is 13.8 Å². The van der Waals surface area contributed by atoms with Gasteiger partial charge < -0.3 is 4.57 Å². The first-order valence-corrected chi connectivity index (χ1v) is 17.0. The van der Waals surface area contributed by atoms with Gasteiger partial charge in [0.05, 0.1) is 11.0 Å². The Labute approximate surface area is 287 Å². The first-order valence-electron chi connectivity index (χ1n) is 17.0. The van der Waals surface area contributed by atoms with Crippen LogP contribution in [0.3, 0.4) is 0 Å². The summed E-state index contributed by atoms with van der Waals surface area (Å²) < 4.78 is 2.49. The molecule has 9 rings (SSSR count). The van der Waals surface area contributed by atoms with Crippen molar-refractivity contribution < 1.29 is 0 Å². The molecule has 0 aliphatic heterocycles. The van der Waals surface area contributed by atoms with Gasteiger partial charge in [0.15, 0.2) is 0 Å². The molecule has 9 aromatic rings. The zero-order valence-corrected chi connectivity index (χ0v) is 27.7. The summed E-state index contributed by atoms with van der Waals surface area (Å²) in [5.74, 6) is 0. The van der Waals surface area contributed by atoms with Crippen LogP contribution in [0.2, 0.25) is 0 Å². The van der Waals surface area contributed by atoms with Crippen LogP contribution in [0.5, 0.6) is 0 Å². The van der Waals surface area contributed by atoms with Crippen LogP contribution >= 0.6 is 0 Å². The molecule has 8 aromatic carbocycles. The molecule has 0 fully saturated rings. The summed E-state index contributed by atoms with van der Waals surface area (Å²) in [6, 6.07) is 64.4. The van der Waals surface area contributed by atoms with Gasteiger partial charge in [-0.05, 0) is 105 Å². The van der Waals surface area contributed by atoms with E-state index in [1.165, 1.54) is 93.9 Å². The zero-order chi connectivity index (χ0) is 32.9. The minimum Gasteiger partial charge on any atom is -0.309 e. The van der Waals surface area contributed by atoms with Gasteiger partial charge in [0.1, 0.15) is 0 Å². The number of nitrogens with zero attached hydrogens (tertiary/aromatic N) is 1. The highest BCUT2D eigenvalue weighted by Crippen LogP contribution is 2.43. The Morgan fingerprint density at radius 1 is 0.327 bits per heavy atom. The summed E-state index contributed by atoms with van der Waals surface area (Å²) in [6.45, 7) is 4.39. The van der Waals surface area contributed by atoms with Gasteiger partial charge in [0.2, 0.25) is 0 Å². The first-order chi connectivity index (χ1) is 24.1. The molecule has 0 amide bonds. The number of aryl methyl sites for hydroxylation is 2. The second kappa shape index (κ2) is 11.8. The summed E-state index contributed by atoms with van der Waals surface area (Å²) >= 11 is 0. The lowest BCUT2D eigenvalue weighted by atomic mass is 9.93. The van der Waals surface area contributed by atoms with Crippen LogP contribution in [0.4, 0.5) is 0 Å². The number of fused-ring (bicyclic) bond motifs is 5. The van der Waals surface area contributed by atoms with E-state index < -0.39 is 0 Å². The number of rotatable bonds is 5. The van der Waals surface area contributed by atoms with Crippen molar-refractivity contribution in [2.45, 2.75) is 13.8 Å². The summed E-state index contributed by atoms with van der Waals surface area (Å²) in [4.78, 5) is 0. The predicted molar refractivity (Wildman–Crippen MR) is 210 cm³/mol. The van der Waals surface area contributed by atoms with Crippen LogP contribution in [-0.4, -0.2) is 4.57 Å². The summed E-state index contributed by atoms with van der Waals surface area (Å²) in [6.07, 6.45) is 0. The van der Waals surface area contributed by atoms with Gasteiger partial charge in [-0.2, -0.15) is 0 Å². The second-order valence-corrected chi connectivity index (χ2v) is 13.2. The van der Waals surface area contributed by atoms with E-state index in [0.29, 0.717) is 0 Å². The van der Waals surface area contributed by atoms with Crippen LogP contribution < -0.4 is 0 Å². The van der Waals surface area contributed by atoms with Crippen molar-refractivity contribution in [2.24, 2.45) is 0 Å². The molecule has 232 valence electrons. The van der Waals surface area contributed by atoms with Gasteiger partial charge in [-0.3, -0.25) is 0 Å². The van der Waals surface area contributed by atoms with Crippen LogP contribution in [0.25, 0.3) is 82.8 Å². The quantitative estimate of drug-likeness (QED) is 0.179. The van der Waals surface area contributed by atoms with E-state index in [9.17, 15) is 0 Å². The Morgan fingerprint density at radius 3 is 1.39 bits per heavy atom. The van der Waals surface area contributed by atoms with Crippen LogP contribution in [-0.2, 0) is 0 Å². The maximum atomic E-state index is 2.49. The van der Waals surface area contributed by atoms with Gasteiger partial charge in [0.25, 0.3) is 0 Å². The SMILES string of the molecule is Cc1cc(C)cc(-n2c3cc(-c4ccc(-c5ccccc5)cc4)ccc3c3c4ccccc4c(-c4ccc(-c5ccccc5)cc4)cc32)c1. The van der Waals surface area contributed by atoms with Crippen molar-refractivity contribution in [1.82, 2.24) is 4.57 Å². The number of aromatic nitrogens is 1. The third-order valence-corrected chi connectivity index (χ3v) is 9.87. The summed E-state index contributed by atoms with van der Waals surface area (Å²) in [5.41, 5.74) is 15.9. The van der Waals surface area contributed by atoms with Gasteiger partial charge in [0, 0.05) is 16.5 Å². The third-order valence-electron chi connectivity index (χ3n) is 9.87. The molecule has 1 nitrogen and oxygen atoms in total. The Balaban J connectivity index is 1.28. The molecule has 1 heteroatoms. The van der Waals surface area contributed by atoms with Gasteiger partial charge >= 0.3 is 0 Å². The second-order valence-electron chi connectivity index (χ2n) is 13.2. The van der Waals surface area contributed by atoms with E-state index in [4.69, 9.17) is 0 Å². The molecular formula is C48H35N. The molecule has 0 saturated carbocycles. The van der Waals surface area contributed by atoms with Crippen LogP contribution in [0.15, 0.2) is 176 Å². The summed E-state index contributed by atoms with van der Waals surface area (Å²) in [7, 11) is 0. The van der Waals surface area contributed by atoms with Crippen molar-refractivity contribution in [1.29, 1.82) is 0 Å². The highest BCUT2D eigenvalue weighted by atomic mass is 15.0. The minimum absolute atomic E-state index is 1.19. The molecule has 49 heavy (non-hydrogen) atoms. The van der Waals surface area contributed by atoms with Crippen molar-refractivity contribution in [3.8, 4) is 50.2 Å². The average molecular weight is 626 g/mol. The lowest BCUT2D eigenvalue weighted by Crippen LogP contribution is -1.96. The van der Waals surface area contributed by atoms with Gasteiger partial charge in [-0.25, -0.2) is 0 Å². The maximum Gasteiger partial charge on any atom is 0.0553 e. The molecule has 1 aromatic heterocycles. The molecule has 1 heterocycles. The Hall–Kier alpha value is -6.18. The molecule has 0 bridgehead atoms. The lowest BCUT2D eigenvalue weighted by molar-refractivity contribution is 1.16. The molecule has 0 spiro atoms.